The van der Waals surface area contributed by atoms with Crippen molar-refractivity contribution in [3.63, 3.8) is 0 Å². The van der Waals surface area contributed by atoms with E-state index in [0.717, 1.165) is 0 Å². The second kappa shape index (κ2) is 7.34. The summed E-state index contributed by atoms with van der Waals surface area (Å²) in [6.07, 6.45) is 0. The quantitative estimate of drug-likeness (QED) is 0.725. The molecule has 0 aliphatic carbocycles. The fourth-order valence-electron chi connectivity index (χ4n) is 1.79. The second-order valence-corrected chi connectivity index (χ2v) is 5.06. The number of carbonyl (C=O) groups is 1. The maximum atomic E-state index is 12.2. The number of ether oxygens (including phenoxy) is 2. The predicted molar refractivity (Wildman–Crippen MR) is 83.9 cm³/mol. The van der Waals surface area contributed by atoms with Crippen molar-refractivity contribution >= 4 is 29.0 Å². The standard InChI is InChI=1S/C16H14Cl2O3/c1-2-20-15-6-4-3-5-12(15)14(19)10-21-16-8-7-11(17)9-13(16)18/h3-9H,2,10H2,1H3. The maximum absolute atomic E-state index is 12.2. The first-order valence-corrected chi connectivity index (χ1v) is 7.20. The van der Waals surface area contributed by atoms with E-state index in [2.05, 4.69) is 0 Å². The van der Waals surface area contributed by atoms with E-state index in [4.69, 9.17) is 32.7 Å². The summed E-state index contributed by atoms with van der Waals surface area (Å²) in [5.41, 5.74) is 0.490. The molecule has 0 aromatic heterocycles. The molecule has 21 heavy (non-hydrogen) atoms. The number of ketones is 1. The lowest BCUT2D eigenvalue weighted by molar-refractivity contribution is 0.0918. The molecule has 0 unspecified atom stereocenters. The largest absolute Gasteiger partial charge is 0.493 e. The van der Waals surface area contributed by atoms with Crippen LogP contribution in [0.25, 0.3) is 0 Å². The van der Waals surface area contributed by atoms with E-state index in [-0.39, 0.29) is 12.4 Å². The Hall–Kier alpha value is -1.71. The van der Waals surface area contributed by atoms with Gasteiger partial charge in [0.25, 0.3) is 0 Å². The number of para-hydroxylation sites is 1. The van der Waals surface area contributed by atoms with E-state index >= 15 is 0 Å². The zero-order valence-corrected chi connectivity index (χ0v) is 12.9. The topological polar surface area (TPSA) is 35.5 Å². The van der Waals surface area contributed by atoms with Crippen LogP contribution in [-0.2, 0) is 0 Å². The lowest BCUT2D eigenvalue weighted by Gasteiger charge is -2.11. The summed E-state index contributed by atoms with van der Waals surface area (Å²) >= 11 is 11.8. The van der Waals surface area contributed by atoms with Gasteiger partial charge in [-0.15, -0.1) is 0 Å². The molecule has 0 N–H and O–H groups in total. The van der Waals surface area contributed by atoms with Gasteiger partial charge in [0.1, 0.15) is 11.5 Å². The van der Waals surface area contributed by atoms with Gasteiger partial charge in [0.2, 0.25) is 5.78 Å². The fraction of sp³-hybridized carbons (Fsp3) is 0.188. The van der Waals surface area contributed by atoms with Crippen LogP contribution in [0, 0.1) is 0 Å². The van der Waals surface area contributed by atoms with Crippen molar-refractivity contribution in [3.8, 4) is 11.5 Å². The first kappa shape index (κ1) is 15.7. The van der Waals surface area contributed by atoms with Crippen molar-refractivity contribution in [2.75, 3.05) is 13.2 Å². The molecular weight excluding hydrogens is 311 g/mol. The van der Waals surface area contributed by atoms with Gasteiger partial charge in [-0.05, 0) is 37.3 Å². The van der Waals surface area contributed by atoms with Crippen LogP contribution in [-0.4, -0.2) is 19.0 Å². The predicted octanol–water partition coefficient (Wildman–Crippen LogP) is 4.65. The van der Waals surface area contributed by atoms with Crippen molar-refractivity contribution in [3.05, 3.63) is 58.1 Å². The average Bonchev–Trinajstić information content (AvgIpc) is 2.47. The Balaban J connectivity index is 2.08. The zero-order valence-electron chi connectivity index (χ0n) is 11.4. The molecular formula is C16H14Cl2O3. The monoisotopic (exact) mass is 324 g/mol. The molecule has 0 aliphatic heterocycles. The molecule has 0 saturated heterocycles. The Bertz CT molecular complexity index is 641. The van der Waals surface area contributed by atoms with Gasteiger partial charge in [-0.1, -0.05) is 35.3 Å². The first-order chi connectivity index (χ1) is 10.1. The minimum absolute atomic E-state index is 0.120. The van der Waals surface area contributed by atoms with Crippen LogP contribution in [0.4, 0.5) is 0 Å². The highest BCUT2D eigenvalue weighted by Gasteiger charge is 2.13. The van der Waals surface area contributed by atoms with Crippen LogP contribution >= 0.6 is 23.2 Å². The number of halogens is 2. The lowest BCUT2D eigenvalue weighted by atomic mass is 10.1. The van der Waals surface area contributed by atoms with Gasteiger partial charge in [0.05, 0.1) is 17.2 Å². The highest BCUT2D eigenvalue weighted by molar-refractivity contribution is 6.35. The average molecular weight is 325 g/mol. The summed E-state index contributed by atoms with van der Waals surface area (Å²) < 4.78 is 10.9. The highest BCUT2D eigenvalue weighted by atomic mass is 35.5. The molecule has 2 rings (SSSR count). The molecule has 110 valence electrons. The summed E-state index contributed by atoms with van der Waals surface area (Å²) in [4.78, 5) is 12.2. The third-order valence-corrected chi connectivity index (χ3v) is 3.27. The Kier molecular flexibility index (Phi) is 5.48. The third kappa shape index (κ3) is 4.13. The van der Waals surface area contributed by atoms with Crippen LogP contribution in [0.3, 0.4) is 0 Å². The van der Waals surface area contributed by atoms with Crippen LogP contribution in [0.5, 0.6) is 11.5 Å². The van der Waals surface area contributed by atoms with Gasteiger partial charge in [-0.2, -0.15) is 0 Å². The number of carbonyl (C=O) groups excluding carboxylic acids is 1. The van der Waals surface area contributed by atoms with E-state index in [1.807, 2.05) is 13.0 Å². The van der Waals surface area contributed by atoms with E-state index in [1.165, 1.54) is 0 Å². The summed E-state index contributed by atoms with van der Waals surface area (Å²) in [6.45, 7) is 2.24. The Morgan fingerprint density at radius 3 is 2.52 bits per heavy atom. The summed E-state index contributed by atoms with van der Waals surface area (Å²) in [7, 11) is 0. The molecule has 0 bridgehead atoms. The minimum atomic E-state index is -0.176. The van der Waals surface area contributed by atoms with Gasteiger partial charge in [-0.25, -0.2) is 0 Å². The molecule has 2 aromatic carbocycles. The van der Waals surface area contributed by atoms with E-state index in [0.29, 0.717) is 33.7 Å². The molecule has 0 radical (unpaired) electrons. The van der Waals surface area contributed by atoms with Crippen LogP contribution in [0.2, 0.25) is 10.0 Å². The van der Waals surface area contributed by atoms with Crippen molar-refractivity contribution in [2.45, 2.75) is 6.92 Å². The molecule has 0 heterocycles. The molecule has 0 fully saturated rings. The number of Topliss-reactive ketones (excluding diaryl/α,β-unsaturated/α-hetero) is 1. The Labute approximate surface area is 133 Å². The molecule has 5 heteroatoms. The van der Waals surface area contributed by atoms with Crippen molar-refractivity contribution in [2.24, 2.45) is 0 Å². The van der Waals surface area contributed by atoms with Crippen molar-refractivity contribution in [1.29, 1.82) is 0 Å². The minimum Gasteiger partial charge on any atom is -0.493 e. The molecule has 0 saturated carbocycles. The van der Waals surface area contributed by atoms with E-state index in [1.54, 1.807) is 36.4 Å². The summed E-state index contributed by atoms with van der Waals surface area (Å²) in [5.74, 6) is 0.796. The first-order valence-electron chi connectivity index (χ1n) is 6.44. The summed E-state index contributed by atoms with van der Waals surface area (Å²) in [5, 5.41) is 0.883. The van der Waals surface area contributed by atoms with Crippen molar-refractivity contribution in [1.82, 2.24) is 0 Å². The Morgan fingerprint density at radius 1 is 1.05 bits per heavy atom. The van der Waals surface area contributed by atoms with E-state index in [9.17, 15) is 4.79 Å². The SMILES string of the molecule is CCOc1ccccc1C(=O)COc1ccc(Cl)cc1Cl. The number of rotatable bonds is 6. The van der Waals surface area contributed by atoms with Crippen LogP contribution in [0.1, 0.15) is 17.3 Å². The fourth-order valence-corrected chi connectivity index (χ4v) is 2.25. The van der Waals surface area contributed by atoms with E-state index < -0.39 is 0 Å². The Morgan fingerprint density at radius 2 is 1.81 bits per heavy atom. The van der Waals surface area contributed by atoms with Gasteiger partial charge >= 0.3 is 0 Å². The van der Waals surface area contributed by atoms with Crippen LogP contribution < -0.4 is 9.47 Å². The molecule has 0 atom stereocenters. The highest BCUT2D eigenvalue weighted by Crippen LogP contribution is 2.28. The second-order valence-electron chi connectivity index (χ2n) is 4.22. The molecule has 0 spiro atoms. The van der Waals surface area contributed by atoms with Gasteiger partial charge in [0.15, 0.2) is 6.61 Å². The molecule has 3 nitrogen and oxygen atoms in total. The normalized spacial score (nSPS) is 10.2. The van der Waals surface area contributed by atoms with Crippen LogP contribution in [0.15, 0.2) is 42.5 Å². The molecule has 0 amide bonds. The van der Waals surface area contributed by atoms with Crippen molar-refractivity contribution < 1.29 is 14.3 Å². The number of benzene rings is 2. The lowest BCUT2D eigenvalue weighted by Crippen LogP contribution is -2.13. The number of hydrogen-bond donors (Lipinski definition) is 0. The van der Waals surface area contributed by atoms with Gasteiger partial charge in [-0.3, -0.25) is 4.79 Å². The molecule has 2 aromatic rings. The molecule has 0 aliphatic rings. The smallest absolute Gasteiger partial charge is 0.203 e. The van der Waals surface area contributed by atoms with Gasteiger partial charge < -0.3 is 9.47 Å². The number of hydrogen-bond acceptors (Lipinski definition) is 3. The zero-order chi connectivity index (χ0) is 15.2. The maximum Gasteiger partial charge on any atom is 0.203 e. The third-order valence-electron chi connectivity index (χ3n) is 2.74. The van der Waals surface area contributed by atoms with Gasteiger partial charge in [0, 0.05) is 5.02 Å². The summed E-state index contributed by atoms with van der Waals surface area (Å²) in [6, 6.07) is 11.9.